The molecular weight excluding hydrogens is 302 g/mol. The number of rotatable bonds is 11. The van der Waals surface area contributed by atoms with Crippen LogP contribution < -0.4 is 10.6 Å². The molecule has 0 aliphatic heterocycles. The number of hydrogen-bond acceptors (Lipinski definition) is 3. The summed E-state index contributed by atoms with van der Waals surface area (Å²) in [5.41, 5.74) is 1.07. The van der Waals surface area contributed by atoms with Crippen LogP contribution in [0.2, 0.25) is 0 Å². The summed E-state index contributed by atoms with van der Waals surface area (Å²) >= 11 is 0. The minimum absolute atomic E-state index is 0.247. The minimum atomic E-state index is -0.247. The number of benzene rings is 1. The van der Waals surface area contributed by atoms with Crippen molar-refractivity contribution in [3.05, 3.63) is 35.9 Å². The first-order valence-electron chi connectivity index (χ1n) is 8.76. The van der Waals surface area contributed by atoms with Gasteiger partial charge in [0.2, 0.25) is 0 Å². The van der Waals surface area contributed by atoms with Gasteiger partial charge in [0.05, 0.1) is 18.8 Å². The Balaban J connectivity index is 2.15. The smallest absolute Gasteiger partial charge is 0.191 e. The van der Waals surface area contributed by atoms with Gasteiger partial charge in [-0.05, 0) is 39.2 Å². The van der Waals surface area contributed by atoms with Gasteiger partial charge in [0.15, 0.2) is 5.96 Å². The fraction of sp³-hybridized carbons (Fsp3) is 0.632. The topological polar surface area (TPSA) is 54.9 Å². The number of guanidine groups is 1. The van der Waals surface area contributed by atoms with Crippen LogP contribution in [-0.4, -0.2) is 51.5 Å². The van der Waals surface area contributed by atoms with Crippen molar-refractivity contribution >= 4 is 5.96 Å². The Morgan fingerprint density at radius 2 is 1.88 bits per heavy atom. The average molecular weight is 335 g/mol. The molecule has 0 fully saturated rings. The number of nitrogens with zero attached hydrogens (tertiary/aromatic N) is 1. The first-order valence-corrected chi connectivity index (χ1v) is 8.76. The zero-order chi connectivity index (χ0) is 17.7. The Morgan fingerprint density at radius 1 is 1.12 bits per heavy atom. The summed E-state index contributed by atoms with van der Waals surface area (Å²) in [4.78, 5) is 4.56. The van der Waals surface area contributed by atoms with Crippen LogP contribution in [0.1, 0.15) is 32.8 Å². The van der Waals surface area contributed by atoms with Gasteiger partial charge in [0, 0.05) is 26.8 Å². The van der Waals surface area contributed by atoms with E-state index in [0.29, 0.717) is 6.54 Å². The van der Waals surface area contributed by atoms with Crippen molar-refractivity contribution in [1.29, 1.82) is 0 Å². The van der Waals surface area contributed by atoms with Gasteiger partial charge in [-0.15, -0.1) is 0 Å². The monoisotopic (exact) mass is 335 g/mol. The second kappa shape index (κ2) is 11.9. The molecule has 0 bridgehead atoms. The molecule has 0 heterocycles. The fourth-order valence-electron chi connectivity index (χ4n) is 1.99. The summed E-state index contributed by atoms with van der Waals surface area (Å²) in [6, 6.07) is 10.4. The van der Waals surface area contributed by atoms with Crippen molar-refractivity contribution in [1.82, 2.24) is 10.6 Å². The molecule has 136 valence electrons. The van der Waals surface area contributed by atoms with Crippen LogP contribution in [0.3, 0.4) is 0 Å². The van der Waals surface area contributed by atoms with Gasteiger partial charge in [-0.3, -0.25) is 4.99 Å². The van der Waals surface area contributed by atoms with Crippen LogP contribution in [0.25, 0.3) is 0 Å². The largest absolute Gasteiger partial charge is 0.381 e. The summed E-state index contributed by atoms with van der Waals surface area (Å²) in [6.45, 7) is 9.93. The SMILES string of the molecule is CCNC(=NCC(C)(C)OC)NCCCOCCc1ccccc1. The molecular formula is C19H33N3O2. The summed E-state index contributed by atoms with van der Waals surface area (Å²) < 4.78 is 11.1. The molecule has 0 saturated carbocycles. The molecule has 0 amide bonds. The Hall–Kier alpha value is -1.59. The molecule has 24 heavy (non-hydrogen) atoms. The maximum absolute atomic E-state index is 5.69. The second-order valence-electron chi connectivity index (χ2n) is 6.29. The van der Waals surface area contributed by atoms with E-state index in [-0.39, 0.29) is 5.60 Å². The zero-order valence-electron chi connectivity index (χ0n) is 15.6. The van der Waals surface area contributed by atoms with E-state index in [0.717, 1.165) is 45.1 Å². The van der Waals surface area contributed by atoms with Gasteiger partial charge in [-0.25, -0.2) is 0 Å². The van der Waals surface area contributed by atoms with Crippen molar-refractivity contribution in [3.63, 3.8) is 0 Å². The minimum Gasteiger partial charge on any atom is -0.381 e. The molecule has 0 atom stereocenters. The van der Waals surface area contributed by atoms with Gasteiger partial charge < -0.3 is 20.1 Å². The molecule has 0 aromatic heterocycles. The average Bonchev–Trinajstić information content (AvgIpc) is 2.59. The lowest BCUT2D eigenvalue weighted by Gasteiger charge is -2.21. The lowest BCUT2D eigenvalue weighted by molar-refractivity contribution is 0.0310. The van der Waals surface area contributed by atoms with Crippen LogP contribution in [0.4, 0.5) is 0 Å². The Labute approximate surface area is 146 Å². The quantitative estimate of drug-likeness (QED) is 0.371. The van der Waals surface area contributed by atoms with E-state index in [2.05, 4.69) is 46.8 Å². The van der Waals surface area contributed by atoms with E-state index < -0.39 is 0 Å². The van der Waals surface area contributed by atoms with Gasteiger partial charge >= 0.3 is 0 Å². The molecule has 0 radical (unpaired) electrons. The normalized spacial score (nSPS) is 12.2. The Bertz CT molecular complexity index is 461. The van der Waals surface area contributed by atoms with Gasteiger partial charge in [0.25, 0.3) is 0 Å². The highest BCUT2D eigenvalue weighted by atomic mass is 16.5. The highest BCUT2D eigenvalue weighted by Crippen LogP contribution is 2.06. The Kier molecular flexibility index (Phi) is 10.1. The lowest BCUT2D eigenvalue weighted by atomic mass is 10.1. The number of aliphatic imine (C=N–C) groups is 1. The van der Waals surface area contributed by atoms with Crippen LogP contribution in [0.5, 0.6) is 0 Å². The summed E-state index contributed by atoms with van der Waals surface area (Å²) in [6.07, 6.45) is 1.91. The number of hydrogen-bond donors (Lipinski definition) is 2. The van der Waals surface area contributed by atoms with Crippen molar-refractivity contribution in [3.8, 4) is 0 Å². The van der Waals surface area contributed by atoms with E-state index in [1.807, 2.05) is 19.9 Å². The molecule has 1 aromatic rings. The molecule has 1 rings (SSSR count). The molecule has 5 heteroatoms. The van der Waals surface area contributed by atoms with Crippen molar-refractivity contribution in [2.75, 3.05) is 40.0 Å². The molecule has 0 saturated heterocycles. The maximum atomic E-state index is 5.69. The number of nitrogens with one attached hydrogen (secondary N) is 2. The molecule has 0 unspecified atom stereocenters. The van der Waals surface area contributed by atoms with Crippen LogP contribution in [0.15, 0.2) is 35.3 Å². The number of ether oxygens (including phenoxy) is 2. The first-order chi connectivity index (χ1) is 11.6. The lowest BCUT2D eigenvalue weighted by Crippen LogP contribution is -2.39. The van der Waals surface area contributed by atoms with E-state index in [4.69, 9.17) is 9.47 Å². The fourth-order valence-corrected chi connectivity index (χ4v) is 1.99. The second-order valence-corrected chi connectivity index (χ2v) is 6.29. The van der Waals surface area contributed by atoms with Crippen LogP contribution >= 0.6 is 0 Å². The van der Waals surface area contributed by atoms with Gasteiger partial charge in [-0.1, -0.05) is 30.3 Å². The third-order valence-corrected chi connectivity index (χ3v) is 3.65. The first kappa shape index (κ1) is 20.5. The van der Waals surface area contributed by atoms with E-state index in [1.165, 1.54) is 5.56 Å². The van der Waals surface area contributed by atoms with E-state index in [1.54, 1.807) is 7.11 Å². The Morgan fingerprint density at radius 3 is 2.54 bits per heavy atom. The standard InChI is InChI=1S/C19H33N3O2/c1-5-20-18(22-16-19(2,3)23-4)21-13-9-14-24-15-12-17-10-7-6-8-11-17/h6-8,10-11H,5,9,12-16H2,1-4H3,(H2,20,21,22). The summed E-state index contributed by atoms with van der Waals surface area (Å²) in [5, 5.41) is 6.57. The molecule has 0 aliphatic rings. The molecule has 2 N–H and O–H groups in total. The number of methoxy groups -OCH3 is 1. The predicted octanol–water partition coefficient (Wildman–Crippen LogP) is 2.62. The molecule has 5 nitrogen and oxygen atoms in total. The van der Waals surface area contributed by atoms with E-state index in [9.17, 15) is 0 Å². The van der Waals surface area contributed by atoms with Crippen LogP contribution in [0, 0.1) is 0 Å². The predicted molar refractivity (Wildman–Crippen MR) is 101 cm³/mol. The summed E-state index contributed by atoms with van der Waals surface area (Å²) in [5.74, 6) is 0.826. The molecule has 0 spiro atoms. The maximum Gasteiger partial charge on any atom is 0.191 e. The third-order valence-electron chi connectivity index (χ3n) is 3.65. The summed E-state index contributed by atoms with van der Waals surface area (Å²) in [7, 11) is 1.71. The molecule has 1 aromatic carbocycles. The van der Waals surface area contributed by atoms with Gasteiger partial charge in [0.1, 0.15) is 0 Å². The van der Waals surface area contributed by atoms with Gasteiger partial charge in [-0.2, -0.15) is 0 Å². The highest BCUT2D eigenvalue weighted by Gasteiger charge is 2.15. The van der Waals surface area contributed by atoms with Crippen molar-refractivity contribution < 1.29 is 9.47 Å². The van der Waals surface area contributed by atoms with E-state index >= 15 is 0 Å². The van der Waals surface area contributed by atoms with Crippen LogP contribution in [-0.2, 0) is 15.9 Å². The van der Waals surface area contributed by atoms with Crippen molar-refractivity contribution in [2.45, 2.75) is 39.2 Å². The molecule has 0 aliphatic carbocycles. The zero-order valence-corrected chi connectivity index (χ0v) is 15.6. The van der Waals surface area contributed by atoms with Crippen molar-refractivity contribution in [2.24, 2.45) is 4.99 Å². The highest BCUT2D eigenvalue weighted by molar-refractivity contribution is 5.79. The third kappa shape index (κ3) is 9.53.